The van der Waals surface area contributed by atoms with Gasteiger partial charge in [0.1, 0.15) is 5.69 Å². The molecule has 1 aromatic heterocycles. The molecule has 1 saturated heterocycles. The number of nitrogens with one attached hydrogen (secondary N) is 1. The highest BCUT2D eigenvalue weighted by molar-refractivity contribution is 5.95. The SMILES string of the molecule is Cc1c(-c2ccccc2)n[nH]c1C(=O)N1CCCC1. The number of hydrogen-bond donors (Lipinski definition) is 1. The monoisotopic (exact) mass is 255 g/mol. The molecule has 1 amide bonds. The molecule has 0 aliphatic carbocycles. The second-order valence-electron chi connectivity index (χ2n) is 4.94. The fourth-order valence-corrected chi connectivity index (χ4v) is 2.56. The molecule has 1 aromatic carbocycles. The van der Waals surface area contributed by atoms with Gasteiger partial charge in [0, 0.05) is 24.2 Å². The first-order chi connectivity index (χ1) is 9.27. The van der Waals surface area contributed by atoms with Crippen LogP contribution in [0.3, 0.4) is 0 Å². The minimum atomic E-state index is 0.0738. The Morgan fingerprint density at radius 3 is 2.58 bits per heavy atom. The fraction of sp³-hybridized carbons (Fsp3) is 0.333. The predicted octanol–water partition coefficient (Wildman–Crippen LogP) is 2.62. The van der Waals surface area contributed by atoms with Gasteiger partial charge in [0.2, 0.25) is 0 Å². The molecule has 3 rings (SSSR count). The van der Waals surface area contributed by atoms with E-state index < -0.39 is 0 Å². The quantitative estimate of drug-likeness (QED) is 0.896. The summed E-state index contributed by atoms with van der Waals surface area (Å²) in [6.45, 7) is 3.67. The van der Waals surface area contributed by atoms with Gasteiger partial charge in [-0.2, -0.15) is 5.10 Å². The molecule has 1 aliphatic heterocycles. The molecule has 98 valence electrons. The lowest BCUT2D eigenvalue weighted by Crippen LogP contribution is -2.28. The molecule has 0 spiro atoms. The van der Waals surface area contributed by atoms with Gasteiger partial charge in [0.25, 0.3) is 5.91 Å². The molecule has 1 fully saturated rings. The Bertz CT molecular complexity index is 583. The van der Waals surface area contributed by atoms with Crippen molar-refractivity contribution in [2.75, 3.05) is 13.1 Å². The molecule has 4 nitrogen and oxygen atoms in total. The average Bonchev–Trinajstić information content (AvgIpc) is 3.08. The maximum atomic E-state index is 12.4. The molecule has 2 heterocycles. The van der Waals surface area contributed by atoms with Gasteiger partial charge in [-0.15, -0.1) is 0 Å². The summed E-state index contributed by atoms with van der Waals surface area (Å²) in [7, 11) is 0. The number of carbonyl (C=O) groups excluding carboxylic acids is 1. The van der Waals surface area contributed by atoms with Crippen molar-refractivity contribution in [2.45, 2.75) is 19.8 Å². The van der Waals surface area contributed by atoms with Crippen LogP contribution >= 0.6 is 0 Å². The van der Waals surface area contributed by atoms with Gasteiger partial charge in [0.05, 0.1) is 5.69 Å². The van der Waals surface area contributed by atoms with Crippen molar-refractivity contribution >= 4 is 5.91 Å². The van der Waals surface area contributed by atoms with Crippen molar-refractivity contribution in [3.8, 4) is 11.3 Å². The molecule has 19 heavy (non-hydrogen) atoms. The molecule has 1 N–H and O–H groups in total. The summed E-state index contributed by atoms with van der Waals surface area (Å²) in [6.07, 6.45) is 2.20. The number of H-pyrrole nitrogens is 1. The molecule has 2 aromatic rings. The Balaban J connectivity index is 1.93. The number of aromatic nitrogens is 2. The van der Waals surface area contributed by atoms with E-state index in [0.29, 0.717) is 5.69 Å². The van der Waals surface area contributed by atoms with Crippen molar-refractivity contribution in [1.29, 1.82) is 0 Å². The summed E-state index contributed by atoms with van der Waals surface area (Å²) in [4.78, 5) is 14.3. The number of hydrogen-bond acceptors (Lipinski definition) is 2. The van der Waals surface area contributed by atoms with Crippen molar-refractivity contribution in [1.82, 2.24) is 15.1 Å². The van der Waals surface area contributed by atoms with Gasteiger partial charge in [-0.05, 0) is 19.8 Å². The van der Waals surface area contributed by atoms with Crippen LogP contribution in [0.4, 0.5) is 0 Å². The van der Waals surface area contributed by atoms with E-state index in [9.17, 15) is 4.79 Å². The van der Waals surface area contributed by atoms with Crippen molar-refractivity contribution < 1.29 is 4.79 Å². The largest absolute Gasteiger partial charge is 0.337 e. The standard InChI is InChI=1S/C15H17N3O/c1-11-13(12-7-3-2-4-8-12)16-17-14(11)15(19)18-9-5-6-10-18/h2-4,7-8H,5-6,9-10H2,1H3,(H,16,17). The van der Waals surface area contributed by atoms with E-state index in [2.05, 4.69) is 10.2 Å². The van der Waals surface area contributed by atoms with Gasteiger partial charge in [0.15, 0.2) is 0 Å². The van der Waals surface area contributed by atoms with Crippen LogP contribution in [0.25, 0.3) is 11.3 Å². The lowest BCUT2D eigenvalue weighted by molar-refractivity contribution is 0.0786. The van der Waals surface area contributed by atoms with Gasteiger partial charge in [-0.1, -0.05) is 30.3 Å². The third kappa shape index (κ3) is 2.14. The van der Waals surface area contributed by atoms with Crippen molar-refractivity contribution in [3.05, 3.63) is 41.6 Å². The van der Waals surface area contributed by atoms with Gasteiger partial charge in [-0.25, -0.2) is 0 Å². The average molecular weight is 255 g/mol. The third-order valence-corrected chi connectivity index (χ3v) is 3.66. The smallest absolute Gasteiger partial charge is 0.272 e. The third-order valence-electron chi connectivity index (χ3n) is 3.66. The van der Waals surface area contributed by atoms with Crippen LogP contribution < -0.4 is 0 Å². The number of carbonyl (C=O) groups is 1. The number of aromatic amines is 1. The number of amides is 1. The van der Waals surface area contributed by atoms with E-state index >= 15 is 0 Å². The lowest BCUT2D eigenvalue weighted by Gasteiger charge is -2.14. The summed E-state index contributed by atoms with van der Waals surface area (Å²) in [5.74, 6) is 0.0738. The Kier molecular flexibility index (Phi) is 3.07. The van der Waals surface area contributed by atoms with E-state index in [-0.39, 0.29) is 5.91 Å². The summed E-state index contributed by atoms with van der Waals surface area (Å²) in [5, 5.41) is 7.21. The van der Waals surface area contributed by atoms with Crippen LogP contribution in [0.15, 0.2) is 30.3 Å². The lowest BCUT2D eigenvalue weighted by atomic mass is 10.1. The van der Waals surface area contributed by atoms with Crippen molar-refractivity contribution in [3.63, 3.8) is 0 Å². The fourth-order valence-electron chi connectivity index (χ4n) is 2.56. The minimum Gasteiger partial charge on any atom is -0.337 e. The predicted molar refractivity (Wildman–Crippen MR) is 73.9 cm³/mol. The second kappa shape index (κ2) is 4.88. The topological polar surface area (TPSA) is 49.0 Å². The van der Waals surface area contributed by atoms with E-state index in [1.165, 1.54) is 0 Å². The molecule has 0 atom stereocenters. The molecule has 4 heteroatoms. The highest BCUT2D eigenvalue weighted by Gasteiger charge is 2.24. The Morgan fingerprint density at radius 1 is 1.21 bits per heavy atom. The second-order valence-corrected chi connectivity index (χ2v) is 4.94. The highest BCUT2D eigenvalue weighted by atomic mass is 16.2. The first kappa shape index (κ1) is 12.0. The Labute approximate surface area is 112 Å². The molecular formula is C15H17N3O. The van der Waals surface area contributed by atoms with Crippen molar-refractivity contribution in [2.24, 2.45) is 0 Å². The van der Waals surface area contributed by atoms with Gasteiger partial charge in [-0.3, -0.25) is 9.89 Å². The highest BCUT2D eigenvalue weighted by Crippen LogP contribution is 2.24. The molecule has 0 radical (unpaired) electrons. The van der Waals surface area contributed by atoms with Crippen LogP contribution in [0.5, 0.6) is 0 Å². The maximum Gasteiger partial charge on any atom is 0.272 e. The van der Waals surface area contributed by atoms with E-state index in [1.807, 2.05) is 42.2 Å². The number of rotatable bonds is 2. The zero-order valence-corrected chi connectivity index (χ0v) is 11.0. The number of nitrogens with zero attached hydrogens (tertiary/aromatic N) is 2. The van der Waals surface area contributed by atoms with Crippen LogP contribution in [-0.4, -0.2) is 34.1 Å². The van der Waals surface area contributed by atoms with Gasteiger partial charge < -0.3 is 4.90 Å². The van der Waals surface area contributed by atoms with Crippen LogP contribution in [0, 0.1) is 6.92 Å². The minimum absolute atomic E-state index is 0.0738. The van der Waals surface area contributed by atoms with E-state index in [0.717, 1.165) is 42.8 Å². The number of likely N-dealkylation sites (tertiary alicyclic amines) is 1. The summed E-state index contributed by atoms with van der Waals surface area (Å²) < 4.78 is 0. The molecule has 0 bridgehead atoms. The Hall–Kier alpha value is -2.10. The first-order valence-electron chi connectivity index (χ1n) is 6.67. The van der Waals surface area contributed by atoms with Crippen LogP contribution in [-0.2, 0) is 0 Å². The summed E-state index contributed by atoms with van der Waals surface area (Å²) >= 11 is 0. The van der Waals surface area contributed by atoms with Crippen LogP contribution in [0.2, 0.25) is 0 Å². The summed E-state index contributed by atoms with van der Waals surface area (Å²) in [5.41, 5.74) is 3.46. The maximum absolute atomic E-state index is 12.4. The Morgan fingerprint density at radius 2 is 1.89 bits per heavy atom. The molecule has 1 aliphatic rings. The normalized spacial score (nSPS) is 14.9. The first-order valence-corrected chi connectivity index (χ1v) is 6.67. The number of benzene rings is 1. The van der Waals surface area contributed by atoms with Crippen LogP contribution in [0.1, 0.15) is 28.9 Å². The molecule has 0 unspecified atom stereocenters. The molecule has 0 saturated carbocycles. The van der Waals surface area contributed by atoms with Gasteiger partial charge >= 0.3 is 0 Å². The zero-order chi connectivity index (χ0) is 13.2. The summed E-state index contributed by atoms with van der Waals surface area (Å²) in [6, 6.07) is 9.94. The van der Waals surface area contributed by atoms with E-state index in [4.69, 9.17) is 0 Å². The van der Waals surface area contributed by atoms with E-state index in [1.54, 1.807) is 0 Å². The zero-order valence-electron chi connectivity index (χ0n) is 11.0. The molecular weight excluding hydrogens is 238 g/mol.